The monoisotopic (exact) mass is 460 g/mol. The Bertz CT molecular complexity index is 1030. The minimum atomic E-state index is -0.846. The molecule has 0 saturated heterocycles. The summed E-state index contributed by atoms with van der Waals surface area (Å²) in [6, 6.07) is 6.86. The average Bonchev–Trinajstić information content (AvgIpc) is 2.80. The molecule has 2 rings (SSSR count). The Morgan fingerprint density at radius 3 is 2.21 bits per heavy atom. The molecule has 1 aromatic heterocycles. The van der Waals surface area contributed by atoms with Gasteiger partial charge in [0, 0.05) is 24.1 Å². The second-order valence-electron chi connectivity index (χ2n) is 8.85. The maximum atomic E-state index is 13.1. The molecule has 8 heteroatoms. The number of fused-ring (bicyclic) bond motifs is 1. The number of carbonyl (C=O) groups is 2. The first kappa shape index (κ1) is 26.4. The molecule has 0 radical (unpaired) electrons. The van der Waals surface area contributed by atoms with Gasteiger partial charge in [-0.1, -0.05) is 13.8 Å². The fourth-order valence-corrected chi connectivity index (χ4v) is 4.05. The third-order valence-electron chi connectivity index (χ3n) is 6.89. The lowest BCUT2D eigenvalue weighted by atomic mass is 9.61. The van der Waals surface area contributed by atoms with Gasteiger partial charge in [0.1, 0.15) is 11.3 Å². The fourth-order valence-electron chi connectivity index (χ4n) is 4.05. The normalized spacial score (nSPS) is 14.8. The van der Waals surface area contributed by atoms with Gasteiger partial charge >= 0.3 is 5.63 Å². The third kappa shape index (κ3) is 5.74. The first-order valence-electron chi connectivity index (χ1n) is 11.7. The summed E-state index contributed by atoms with van der Waals surface area (Å²) in [5.41, 5.74) is 3.04. The zero-order valence-electron chi connectivity index (χ0n) is 20.5. The summed E-state index contributed by atoms with van der Waals surface area (Å²) in [4.78, 5) is 37.6. The van der Waals surface area contributed by atoms with Crippen LogP contribution in [0.3, 0.4) is 0 Å². The number of hydrogen-bond donors (Lipinski definition) is 3. The molecule has 2 unspecified atom stereocenters. The maximum absolute atomic E-state index is 13.1. The zero-order valence-corrected chi connectivity index (χ0v) is 20.5. The molecule has 8 nitrogen and oxygen atoms in total. The van der Waals surface area contributed by atoms with E-state index in [4.69, 9.17) is 9.15 Å². The summed E-state index contributed by atoms with van der Waals surface area (Å²) in [5.74, 6) is 0.346. The Morgan fingerprint density at radius 1 is 1.03 bits per heavy atom. The van der Waals surface area contributed by atoms with E-state index in [0.717, 1.165) is 10.9 Å². The average molecular weight is 461 g/mol. The molecule has 0 aliphatic carbocycles. The van der Waals surface area contributed by atoms with Gasteiger partial charge in [0.25, 0.3) is 0 Å². The van der Waals surface area contributed by atoms with Gasteiger partial charge in [0.15, 0.2) is 0 Å². The predicted molar refractivity (Wildman–Crippen MR) is 128 cm³/mol. The van der Waals surface area contributed by atoms with Crippen LogP contribution in [-0.2, 0) is 9.59 Å². The topological polar surface area (TPSA) is 125 Å². The van der Waals surface area contributed by atoms with E-state index in [1.807, 2.05) is 46.8 Å². The van der Waals surface area contributed by atoms with Crippen molar-refractivity contribution in [2.24, 2.45) is 10.8 Å². The van der Waals surface area contributed by atoms with Crippen molar-refractivity contribution >= 4 is 22.8 Å². The van der Waals surface area contributed by atoms with Gasteiger partial charge in [-0.3, -0.25) is 9.59 Å². The van der Waals surface area contributed by atoms with Gasteiger partial charge < -0.3 is 25.5 Å². The van der Waals surface area contributed by atoms with Crippen molar-refractivity contribution in [1.29, 1.82) is 0 Å². The molecule has 33 heavy (non-hydrogen) atoms. The summed E-state index contributed by atoms with van der Waals surface area (Å²) in [6.45, 7) is 11.4. The summed E-state index contributed by atoms with van der Waals surface area (Å²) < 4.78 is 11.0. The van der Waals surface area contributed by atoms with Gasteiger partial charge in [-0.2, -0.15) is 0 Å². The van der Waals surface area contributed by atoms with Crippen LogP contribution in [0.5, 0.6) is 5.75 Å². The molecule has 1 aromatic carbocycles. The number of hydrogen-bond acceptors (Lipinski definition) is 5. The summed E-state index contributed by atoms with van der Waals surface area (Å²) in [6.07, 6.45) is 1.69. The van der Waals surface area contributed by atoms with Gasteiger partial charge in [-0.05, 0) is 57.7 Å². The molecular weight excluding hydrogens is 422 g/mol. The van der Waals surface area contributed by atoms with Gasteiger partial charge in [-0.15, -0.1) is 0 Å². The smallest absolute Gasteiger partial charge is 0.336 e. The van der Waals surface area contributed by atoms with E-state index in [1.165, 1.54) is 6.07 Å². The van der Waals surface area contributed by atoms with Crippen LogP contribution in [-0.4, -0.2) is 38.1 Å². The SMILES string of the molecule is CCC(C)(C(=O)NCC[NH3+])C(C)(CC)C(=O)NCCCOc1ccc2c(C)cc(=O)oc2c1. The standard InChI is InChI=1S/C25H37N3O5/c1-6-24(4,25(5,7-2)23(31)28-13-11-26)22(30)27-12-8-14-32-18-9-10-19-17(3)15-21(29)33-20(19)16-18/h9-10,15-16H,6-8,11-14,26H2,1-5H3,(H,27,30)(H,28,31)/p+1. The van der Waals surface area contributed by atoms with E-state index in [1.54, 1.807) is 6.07 Å². The highest BCUT2D eigenvalue weighted by atomic mass is 16.5. The minimum absolute atomic E-state index is 0.116. The van der Waals surface area contributed by atoms with Crippen molar-refractivity contribution in [3.63, 3.8) is 0 Å². The highest BCUT2D eigenvalue weighted by Crippen LogP contribution is 2.45. The lowest BCUT2D eigenvalue weighted by molar-refractivity contribution is -0.364. The Balaban J connectivity index is 1.94. The van der Waals surface area contributed by atoms with Crippen LogP contribution in [0.2, 0.25) is 0 Å². The van der Waals surface area contributed by atoms with Crippen LogP contribution >= 0.6 is 0 Å². The van der Waals surface area contributed by atoms with E-state index in [-0.39, 0.29) is 11.8 Å². The van der Waals surface area contributed by atoms with E-state index in [0.29, 0.717) is 56.8 Å². The highest BCUT2D eigenvalue weighted by Gasteiger charge is 2.52. The highest BCUT2D eigenvalue weighted by molar-refractivity contribution is 5.93. The van der Waals surface area contributed by atoms with Crippen molar-refractivity contribution in [3.8, 4) is 5.75 Å². The summed E-state index contributed by atoms with van der Waals surface area (Å²) in [5, 5.41) is 6.76. The molecule has 0 bridgehead atoms. The number of benzene rings is 1. The van der Waals surface area contributed by atoms with Crippen LogP contribution in [0.15, 0.2) is 33.5 Å². The summed E-state index contributed by atoms with van der Waals surface area (Å²) >= 11 is 0. The number of nitrogens with one attached hydrogen (secondary N) is 2. The molecule has 1 heterocycles. The van der Waals surface area contributed by atoms with Crippen LogP contribution in [0.1, 0.15) is 52.5 Å². The van der Waals surface area contributed by atoms with Crippen LogP contribution in [0.4, 0.5) is 0 Å². The molecule has 0 spiro atoms. The Labute approximate surface area is 195 Å². The Morgan fingerprint density at radius 2 is 1.64 bits per heavy atom. The van der Waals surface area contributed by atoms with Crippen molar-refractivity contribution in [2.75, 3.05) is 26.2 Å². The van der Waals surface area contributed by atoms with E-state index in [9.17, 15) is 14.4 Å². The molecule has 0 fully saturated rings. The lowest BCUT2D eigenvalue weighted by Crippen LogP contribution is -2.59. The third-order valence-corrected chi connectivity index (χ3v) is 6.89. The zero-order chi connectivity index (χ0) is 24.6. The van der Waals surface area contributed by atoms with E-state index >= 15 is 0 Å². The Kier molecular flexibility index (Phi) is 9.05. The second-order valence-corrected chi connectivity index (χ2v) is 8.85. The van der Waals surface area contributed by atoms with Crippen LogP contribution < -0.4 is 26.7 Å². The molecule has 2 amide bonds. The van der Waals surface area contributed by atoms with Crippen LogP contribution in [0, 0.1) is 17.8 Å². The van der Waals surface area contributed by atoms with Gasteiger partial charge in [-0.25, -0.2) is 4.79 Å². The molecule has 182 valence electrons. The maximum Gasteiger partial charge on any atom is 0.336 e. The van der Waals surface area contributed by atoms with Gasteiger partial charge in [0.05, 0.1) is 30.5 Å². The molecule has 0 aliphatic heterocycles. The van der Waals surface area contributed by atoms with E-state index < -0.39 is 16.5 Å². The Hall–Kier alpha value is -2.87. The number of ether oxygens (including phenoxy) is 1. The van der Waals surface area contributed by atoms with Crippen molar-refractivity contribution in [1.82, 2.24) is 10.6 Å². The predicted octanol–water partition coefficient (Wildman–Crippen LogP) is 2.18. The lowest BCUT2D eigenvalue weighted by Gasteiger charge is -2.43. The van der Waals surface area contributed by atoms with Crippen molar-refractivity contribution in [2.45, 2.75) is 53.9 Å². The van der Waals surface area contributed by atoms with Crippen LogP contribution in [0.25, 0.3) is 11.0 Å². The molecule has 2 aromatic rings. The van der Waals surface area contributed by atoms with E-state index in [2.05, 4.69) is 16.4 Å². The molecule has 0 saturated carbocycles. The summed E-state index contributed by atoms with van der Waals surface area (Å²) in [7, 11) is 0. The number of aryl methyl sites for hydroxylation is 1. The fraction of sp³-hybridized carbons (Fsp3) is 0.560. The molecule has 2 atom stereocenters. The second kappa shape index (κ2) is 11.3. The number of rotatable bonds is 12. The van der Waals surface area contributed by atoms with Gasteiger partial charge in [0.2, 0.25) is 11.8 Å². The quantitative estimate of drug-likeness (QED) is 0.331. The molecule has 5 N–H and O–H groups in total. The molecular formula is C25H38N3O5+. The number of amides is 2. The number of quaternary nitrogens is 1. The molecule has 0 aliphatic rings. The minimum Gasteiger partial charge on any atom is -0.493 e. The van der Waals surface area contributed by atoms with Crippen molar-refractivity contribution in [3.05, 3.63) is 40.2 Å². The first-order chi connectivity index (χ1) is 15.6. The largest absolute Gasteiger partial charge is 0.493 e. The van der Waals surface area contributed by atoms with Crippen molar-refractivity contribution < 1.29 is 24.5 Å². The number of carbonyl (C=O) groups excluding carboxylic acids is 2. The first-order valence-corrected chi connectivity index (χ1v) is 11.7.